The van der Waals surface area contributed by atoms with Crippen LogP contribution in [0.5, 0.6) is 0 Å². The van der Waals surface area contributed by atoms with Gasteiger partial charge < -0.3 is 0 Å². The normalized spacial score (nSPS) is 12.4. The monoisotopic (exact) mass is 233 g/mol. The van der Waals surface area contributed by atoms with Crippen molar-refractivity contribution in [3.05, 3.63) is 35.4 Å². The molecule has 0 fully saturated rings. The third kappa shape index (κ3) is 3.90. The molecule has 16 heavy (non-hydrogen) atoms. The lowest BCUT2D eigenvalue weighted by Crippen LogP contribution is -1.96. The van der Waals surface area contributed by atoms with E-state index < -0.39 is 0 Å². The van der Waals surface area contributed by atoms with E-state index in [0.717, 1.165) is 12.2 Å². The zero-order valence-electron chi connectivity index (χ0n) is 10.2. The summed E-state index contributed by atoms with van der Waals surface area (Å²) >= 11 is 1.34. The van der Waals surface area contributed by atoms with E-state index in [0.29, 0.717) is 11.8 Å². The molecule has 2 heteroatoms. The molecule has 1 aromatic rings. The molecule has 0 amide bonds. The highest BCUT2D eigenvalue weighted by molar-refractivity contribution is 8.03. The highest BCUT2D eigenvalue weighted by Crippen LogP contribution is 2.23. The molecule has 0 aliphatic carbocycles. The molecule has 0 radical (unpaired) electrons. The maximum Gasteiger partial charge on any atom is 0.133 e. The van der Waals surface area contributed by atoms with Crippen LogP contribution >= 0.6 is 11.8 Å². The second-order valence-electron chi connectivity index (χ2n) is 4.45. The van der Waals surface area contributed by atoms with Crippen LogP contribution in [0.2, 0.25) is 0 Å². The average Bonchev–Trinajstić information content (AvgIpc) is 2.29. The molecule has 1 rings (SSSR count). The van der Waals surface area contributed by atoms with Crippen LogP contribution in [-0.4, -0.2) is 5.75 Å². The molecule has 0 spiro atoms. The average molecular weight is 233 g/mol. The van der Waals surface area contributed by atoms with Crippen molar-refractivity contribution in [2.24, 2.45) is 0 Å². The quantitative estimate of drug-likeness (QED) is 0.551. The molecule has 0 aliphatic heterocycles. The Morgan fingerprint density at radius 3 is 2.19 bits per heavy atom. The van der Waals surface area contributed by atoms with Crippen LogP contribution in [0.15, 0.2) is 24.3 Å². The molecule has 0 heterocycles. The van der Waals surface area contributed by atoms with E-state index in [9.17, 15) is 0 Å². The van der Waals surface area contributed by atoms with Crippen LogP contribution in [-0.2, 0) is 0 Å². The van der Waals surface area contributed by atoms with Crippen LogP contribution < -0.4 is 0 Å². The molecule has 1 aromatic carbocycles. The second kappa shape index (κ2) is 6.60. The van der Waals surface area contributed by atoms with E-state index in [1.807, 2.05) is 0 Å². The Bertz CT molecular complexity index is 348. The van der Waals surface area contributed by atoms with E-state index >= 15 is 0 Å². The van der Waals surface area contributed by atoms with Gasteiger partial charge in [-0.15, -0.1) is 0 Å². The molecule has 0 saturated carbocycles. The van der Waals surface area contributed by atoms with E-state index in [4.69, 9.17) is 5.26 Å². The topological polar surface area (TPSA) is 23.8 Å². The second-order valence-corrected chi connectivity index (χ2v) is 5.33. The zero-order valence-corrected chi connectivity index (χ0v) is 11.1. The molecular weight excluding hydrogens is 214 g/mol. The van der Waals surface area contributed by atoms with Gasteiger partial charge in [0.1, 0.15) is 5.40 Å². The summed E-state index contributed by atoms with van der Waals surface area (Å²) in [5.41, 5.74) is 2.77. The van der Waals surface area contributed by atoms with Gasteiger partial charge in [-0.1, -0.05) is 45.0 Å². The minimum atomic E-state index is 0.544. The fourth-order valence-corrected chi connectivity index (χ4v) is 2.22. The van der Waals surface area contributed by atoms with Gasteiger partial charge in [-0.25, -0.2) is 0 Å². The Kier molecular flexibility index (Phi) is 5.42. The van der Waals surface area contributed by atoms with Crippen molar-refractivity contribution in [2.75, 3.05) is 5.75 Å². The molecule has 86 valence electrons. The van der Waals surface area contributed by atoms with Crippen molar-refractivity contribution in [2.45, 2.75) is 39.0 Å². The minimum absolute atomic E-state index is 0.544. The van der Waals surface area contributed by atoms with Crippen molar-refractivity contribution in [3.8, 4) is 5.40 Å². The number of benzene rings is 1. The summed E-state index contributed by atoms with van der Waals surface area (Å²) < 4.78 is 0. The predicted octanol–water partition coefficient (Wildman–Crippen LogP) is 4.52. The standard InChI is InChI=1S/C14H19NS/c1-11(2)13-4-6-14(7-5-13)12(3)8-9-16-10-15/h4-7,11-12H,8-9H2,1-3H3. The number of hydrogen-bond acceptors (Lipinski definition) is 2. The highest BCUT2D eigenvalue weighted by Gasteiger charge is 2.06. The first-order valence-corrected chi connectivity index (χ1v) is 6.74. The molecule has 0 saturated heterocycles. The van der Waals surface area contributed by atoms with Crippen molar-refractivity contribution in [1.29, 1.82) is 5.26 Å². The SMILES string of the molecule is CC(C)c1ccc(C(C)CCSC#N)cc1. The van der Waals surface area contributed by atoms with Gasteiger partial charge in [0.15, 0.2) is 0 Å². The molecule has 0 N–H and O–H groups in total. The van der Waals surface area contributed by atoms with Gasteiger partial charge in [-0.3, -0.25) is 0 Å². The van der Waals surface area contributed by atoms with E-state index in [1.165, 1.54) is 22.9 Å². The number of thiocyanates is 1. The van der Waals surface area contributed by atoms with Crippen LogP contribution in [0.4, 0.5) is 0 Å². The van der Waals surface area contributed by atoms with Gasteiger partial charge in [0.25, 0.3) is 0 Å². The van der Waals surface area contributed by atoms with Crippen LogP contribution in [0.25, 0.3) is 0 Å². The highest BCUT2D eigenvalue weighted by atomic mass is 32.2. The molecule has 1 nitrogen and oxygen atoms in total. The predicted molar refractivity (Wildman–Crippen MR) is 71.6 cm³/mol. The molecule has 1 atom stereocenters. The van der Waals surface area contributed by atoms with Gasteiger partial charge in [-0.2, -0.15) is 5.26 Å². The fraction of sp³-hybridized carbons (Fsp3) is 0.500. The van der Waals surface area contributed by atoms with Crippen molar-refractivity contribution < 1.29 is 0 Å². The van der Waals surface area contributed by atoms with E-state index in [2.05, 4.69) is 50.4 Å². The van der Waals surface area contributed by atoms with E-state index in [-0.39, 0.29) is 0 Å². The Morgan fingerprint density at radius 2 is 1.69 bits per heavy atom. The third-order valence-electron chi connectivity index (χ3n) is 2.89. The first kappa shape index (κ1) is 13.1. The molecular formula is C14H19NS. The Morgan fingerprint density at radius 1 is 1.12 bits per heavy atom. The lowest BCUT2D eigenvalue weighted by atomic mass is 9.95. The number of rotatable bonds is 5. The fourth-order valence-electron chi connectivity index (χ4n) is 1.66. The van der Waals surface area contributed by atoms with Crippen molar-refractivity contribution in [1.82, 2.24) is 0 Å². The van der Waals surface area contributed by atoms with Gasteiger partial charge in [0.05, 0.1) is 0 Å². The lowest BCUT2D eigenvalue weighted by Gasteiger charge is -2.12. The number of nitriles is 1. The van der Waals surface area contributed by atoms with Crippen LogP contribution in [0.1, 0.15) is 50.2 Å². The van der Waals surface area contributed by atoms with Crippen LogP contribution in [0, 0.1) is 10.7 Å². The lowest BCUT2D eigenvalue weighted by molar-refractivity contribution is 0.739. The summed E-state index contributed by atoms with van der Waals surface area (Å²) in [5, 5.41) is 10.6. The zero-order chi connectivity index (χ0) is 12.0. The summed E-state index contributed by atoms with van der Waals surface area (Å²) in [7, 11) is 0. The summed E-state index contributed by atoms with van der Waals surface area (Å²) in [5.74, 6) is 2.06. The van der Waals surface area contributed by atoms with Crippen LogP contribution in [0.3, 0.4) is 0 Å². The van der Waals surface area contributed by atoms with Gasteiger partial charge in [0.2, 0.25) is 0 Å². The number of hydrogen-bond donors (Lipinski definition) is 0. The van der Waals surface area contributed by atoms with E-state index in [1.54, 1.807) is 0 Å². The molecule has 0 aromatic heterocycles. The van der Waals surface area contributed by atoms with Crippen molar-refractivity contribution in [3.63, 3.8) is 0 Å². The maximum absolute atomic E-state index is 8.46. The van der Waals surface area contributed by atoms with Gasteiger partial charge in [-0.05, 0) is 41.1 Å². The Balaban J connectivity index is 2.56. The molecule has 0 aliphatic rings. The van der Waals surface area contributed by atoms with Gasteiger partial charge >= 0.3 is 0 Å². The summed E-state index contributed by atoms with van der Waals surface area (Å²) in [6.45, 7) is 6.65. The third-order valence-corrected chi connectivity index (χ3v) is 3.46. The summed E-state index contributed by atoms with van der Waals surface area (Å²) in [6, 6.07) is 8.87. The molecule has 1 unspecified atom stereocenters. The summed E-state index contributed by atoms with van der Waals surface area (Å²) in [4.78, 5) is 0. The minimum Gasteiger partial charge on any atom is -0.185 e. The van der Waals surface area contributed by atoms with Crippen molar-refractivity contribution >= 4 is 11.8 Å². The number of nitrogens with zero attached hydrogens (tertiary/aromatic N) is 1. The largest absolute Gasteiger partial charge is 0.185 e. The Labute approximate surface area is 103 Å². The number of thioether (sulfide) groups is 1. The first-order chi connectivity index (χ1) is 7.65. The first-order valence-electron chi connectivity index (χ1n) is 5.76. The Hall–Kier alpha value is -0.940. The maximum atomic E-state index is 8.46. The summed E-state index contributed by atoms with van der Waals surface area (Å²) in [6.07, 6.45) is 1.07. The molecule has 0 bridgehead atoms. The smallest absolute Gasteiger partial charge is 0.133 e. The van der Waals surface area contributed by atoms with Gasteiger partial charge in [0, 0.05) is 5.75 Å².